The second-order valence-corrected chi connectivity index (χ2v) is 4.65. The first-order valence-corrected chi connectivity index (χ1v) is 6.50. The highest BCUT2D eigenvalue weighted by Crippen LogP contribution is 2.35. The van der Waals surface area contributed by atoms with Crippen LogP contribution < -0.4 is 0 Å². The quantitative estimate of drug-likeness (QED) is 0.818. The van der Waals surface area contributed by atoms with Crippen molar-refractivity contribution in [3.63, 3.8) is 0 Å². The van der Waals surface area contributed by atoms with E-state index in [0.29, 0.717) is 0 Å². The summed E-state index contributed by atoms with van der Waals surface area (Å²) in [6.07, 6.45) is 0.979. The molecule has 0 fully saturated rings. The highest BCUT2D eigenvalue weighted by molar-refractivity contribution is 5.78. The smallest absolute Gasteiger partial charge is 0.311 e. The number of hydrogen-bond donors (Lipinski definition) is 1. The van der Waals surface area contributed by atoms with Gasteiger partial charge in [-0.1, -0.05) is 60.7 Å². The molecule has 0 aliphatic heterocycles. The zero-order valence-electron chi connectivity index (χ0n) is 11.0. The monoisotopic (exact) mass is 268 g/mol. The van der Waals surface area contributed by atoms with E-state index in [0.717, 1.165) is 17.4 Å². The van der Waals surface area contributed by atoms with E-state index in [1.54, 1.807) is 12.1 Å². The summed E-state index contributed by atoms with van der Waals surface area (Å²) in [5.74, 6) is -1.98. The van der Waals surface area contributed by atoms with Crippen molar-refractivity contribution >= 4 is 12.3 Å². The number of aliphatic carboxylic acids is 1. The van der Waals surface area contributed by atoms with Gasteiger partial charge in [0.2, 0.25) is 0 Å². The van der Waals surface area contributed by atoms with Gasteiger partial charge in [0.05, 0.1) is 5.92 Å². The predicted molar refractivity (Wildman–Crippen MR) is 76.7 cm³/mol. The van der Waals surface area contributed by atoms with Crippen molar-refractivity contribution in [3.8, 4) is 0 Å². The Kier molecular flexibility index (Phi) is 4.66. The fraction of sp³-hybridized carbons (Fsp3) is 0.176. The Hall–Kier alpha value is -2.42. The van der Waals surface area contributed by atoms with Gasteiger partial charge in [0.25, 0.3) is 0 Å². The van der Waals surface area contributed by atoms with Gasteiger partial charge >= 0.3 is 5.97 Å². The molecule has 0 aromatic heterocycles. The zero-order chi connectivity index (χ0) is 14.4. The molecule has 0 saturated heterocycles. The molecule has 3 heteroatoms. The minimum absolute atomic E-state index is 0.190. The lowest BCUT2D eigenvalue weighted by Gasteiger charge is -2.23. The van der Waals surface area contributed by atoms with Crippen molar-refractivity contribution < 1.29 is 14.7 Å². The molecule has 0 aliphatic rings. The van der Waals surface area contributed by atoms with Gasteiger partial charge in [-0.15, -0.1) is 0 Å². The third kappa shape index (κ3) is 3.12. The van der Waals surface area contributed by atoms with Crippen LogP contribution >= 0.6 is 0 Å². The van der Waals surface area contributed by atoms with E-state index in [-0.39, 0.29) is 12.3 Å². The zero-order valence-corrected chi connectivity index (χ0v) is 11.0. The summed E-state index contributed by atoms with van der Waals surface area (Å²) >= 11 is 0. The van der Waals surface area contributed by atoms with E-state index in [9.17, 15) is 14.7 Å². The normalized spacial score (nSPS) is 13.4. The third-order valence-electron chi connectivity index (χ3n) is 3.40. The van der Waals surface area contributed by atoms with Crippen LogP contribution in [0.5, 0.6) is 0 Å². The summed E-state index contributed by atoms with van der Waals surface area (Å²) in [5, 5.41) is 9.57. The Morgan fingerprint density at radius 2 is 1.45 bits per heavy atom. The number of rotatable bonds is 6. The Morgan fingerprint density at radius 1 is 0.950 bits per heavy atom. The molecule has 0 spiro atoms. The van der Waals surface area contributed by atoms with Crippen LogP contribution in [0, 0.1) is 0 Å². The van der Waals surface area contributed by atoms with Crippen LogP contribution in [0.4, 0.5) is 0 Å². The summed E-state index contributed by atoms with van der Waals surface area (Å²) in [5.41, 5.74) is 1.59. The lowest BCUT2D eigenvalue weighted by Crippen LogP contribution is -2.20. The van der Waals surface area contributed by atoms with Crippen LogP contribution in [-0.4, -0.2) is 17.4 Å². The molecule has 0 unspecified atom stereocenters. The van der Waals surface area contributed by atoms with Gasteiger partial charge in [0.1, 0.15) is 6.29 Å². The lowest BCUT2D eigenvalue weighted by molar-refractivity contribution is -0.139. The molecule has 0 bridgehead atoms. The number of hydrogen-bond acceptors (Lipinski definition) is 2. The molecule has 0 radical (unpaired) electrons. The van der Waals surface area contributed by atoms with Crippen LogP contribution in [0.3, 0.4) is 0 Å². The van der Waals surface area contributed by atoms with E-state index >= 15 is 0 Å². The van der Waals surface area contributed by atoms with Gasteiger partial charge in [-0.05, 0) is 11.1 Å². The number of carboxylic acids is 1. The summed E-state index contributed by atoms with van der Waals surface area (Å²) in [7, 11) is 0. The molecule has 3 nitrogen and oxygen atoms in total. The van der Waals surface area contributed by atoms with Gasteiger partial charge in [-0.2, -0.15) is 0 Å². The number of carbonyl (C=O) groups is 2. The minimum atomic E-state index is -0.910. The van der Waals surface area contributed by atoms with Crippen LogP contribution in [-0.2, 0) is 9.59 Å². The second-order valence-electron chi connectivity index (χ2n) is 4.65. The Bertz CT molecular complexity index is 563. The van der Waals surface area contributed by atoms with E-state index in [1.807, 2.05) is 48.5 Å². The first kappa shape index (κ1) is 14.0. The number of carboxylic acid groups (broad SMARTS) is 1. The average Bonchev–Trinajstić information content (AvgIpc) is 2.48. The van der Waals surface area contributed by atoms with E-state index < -0.39 is 11.9 Å². The summed E-state index contributed by atoms with van der Waals surface area (Å²) in [4.78, 5) is 22.6. The number of benzene rings is 2. The molecule has 1 N–H and O–H groups in total. The van der Waals surface area contributed by atoms with Crippen molar-refractivity contribution in [2.24, 2.45) is 0 Å². The first-order valence-electron chi connectivity index (χ1n) is 6.50. The molecule has 0 aliphatic carbocycles. The number of carbonyl (C=O) groups excluding carboxylic acids is 1. The van der Waals surface area contributed by atoms with E-state index in [2.05, 4.69) is 0 Å². The van der Waals surface area contributed by atoms with Crippen molar-refractivity contribution in [1.29, 1.82) is 0 Å². The predicted octanol–water partition coefficient (Wildman–Crippen LogP) is 3.23. The van der Waals surface area contributed by atoms with Crippen molar-refractivity contribution in [3.05, 3.63) is 71.8 Å². The van der Waals surface area contributed by atoms with E-state index in [4.69, 9.17) is 0 Å². The largest absolute Gasteiger partial charge is 0.481 e. The van der Waals surface area contributed by atoms with E-state index in [1.165, 1.54) is 0 Å². The Balaban J connectivity index is 2.44. The molecule has 2 atom stereocenters. The summed E-state index contributed by atoms with van der Waals surface area (Å²) in [6.45, 7) is 0. The first-order chi connectivity index (χ1) is 9.74. The third-order valence-corrected chi connectivity index (χ3v) is 3.40. The molecule has 0 heterocycles. The molecule has 102 valence electrons. The van der Waals surface area contributed by atoms with Crippen molar-refractivity contribution in [2.45, 2.75) is 18.3 Å². The van der Waals surface area contributed by atoms with Gasteiger partial charge in [0.15, 0.2) is 0 Å². The molecule has 0 amide bonds. The highest BCUT2D eigenvalue weighted by Gasteiger charge is 2.30. The maximum Gasteiger partial charge on any atom is 0.311 e. The minimum Gasteiger partial charge on any atom is -0.481 e. The van der Waals surface area contributed by atoms with Gasteiger partial charge in [0, 0.05) is 12.3 Å². The highest BCUT2D eigenvalue weighted by atomic mass is 16.4. The van der Waals surface area contributed by atoms with Crippen LogP contribution in [0.15, 0.2) is 60.7 Å². The summed E-state index contributed by atoms with van der Waals surface area (Å²) in [6, 6.07) is 18.4. The SMILES string of the molecule is O=CC[C@H](c1ccccc1)[C@@H](C(=O)O)c1ccccc1. The Labute approximate surface area is 117 Å². The fourth-order valence-electron chi connectivity index (χ4n) is 2.48. The average molecular weight is 268 g/mol. The van der Waals surface area contributed by atoms with Gasteiger partial charge < -0.3 is 9.90 Å². The standard InChI is InChI=1S/C17H16O3/c18-12-11-15(13-7-3-1-4-8-13)16(17(19)20)14-9-5-2-6-10-14/h1-10,12,15-16H,11H2,(H,19,20)/t15-,16+/m1/s1. The molecule has 2 aromatic rings. The van der Waals surface area contributed by atoms with Gasteiger partial charge in [-0.25, -0.2) is 0 Å². The van der Waals surface area contributed by atoms with Crippen molar-refractivity contribution in [2.75, 3.05) is 0 Å². The maximum atomic E-state index is 11.7. The van der Waals surface area contributed by atoms with Gasteiger partial charge in [-0.3, -0.25) is 4.79 Å². The number of aldehydes is 1. The van der Waals surface area contributed by atoms with Crippen molar-refractivity contribution in [1.82, 2.24) is 0 Å². The molecular weight excluding hydrogens is 252 g/mol. The maximum absolute atomic E-state index is 11.7. The molecule has 2 rings (SSSR count). The Morgan fingerprint density at radius 3 is 1.90 bits per heavy atom. The molecular formula is C17H16O3. The topological polar surface area (TPSA) is 54.4 Å². The second kappa shape index (κ2) is 6.66. The van der Waals surface area contributed by atoms with Crippen LogP contribution in [0.25, 0.3) is 0 Å². The molecule has 2 aromatic carbocycles. The molecule has 20 heavy (non-hydrogen) atoms. The molecule has 0 saturated carbocycles. The van der Waals surface area contributed by atoms with Crippen LogP contribution in [0.2, 0.25) is 0 Å². The lowest BCUT2D eigenvalue weighted by atomic mass is 9.80. The fourth-order valence-corrected chi connectivity index (χ4v) is 2.48. The summed E-state index contributed by atoms with van der Waals surface area (Å²) < 4.78 is 0. The van der Waals surface area contributed by atoms with Crippen LogP contribution in [0.1, 0.15) is 29.4 Å².